The van der Waals surface area contributed by atoms with E-state index in [9.17, 15) is 9.59 Å². The van der Waals surface area contributed by atoms with Crippen molar-refractivity contribution in [3.8, 4) is 11.5 Å². The molecule has 0 aromatic heterocycles. The fourth-order valence-corrected chi connectivity index (χ4v) is 3.01. The number of anilines is 2. The van der Waals surface area contributed by atoms with Crippen molar-refractivity contribution >= 4 is 46.4 Å². The van der Waals surface area contributed by atoms with Gasteiger partial charge in [-0.05, 0) is 43.7 Å². The highest BCUT2D eigenvalue weighted by Crippen LogP contribution is 2.37. The second-order valence-corrected chi connectivity index (χ2v) is 7.06. The molecule has 2 rings (SSSR count). The Morgan fingerprint density at radius 3 is 2.38 bits per heavy atom. The number of nitrogens with one attached hydrogen (secondary N) is 2. The minimum absolute atomic E-state index is 0.211. The van der Waals surface area contributed by atoms with Crippen molar-refractivity contribution in [2.45, 2.75) is 33.6 Å². The van der Waals surface area contributed by atoms with Gasteiger partial charge in [0.05, 0.1) is 28.9 Å². The summed E-state index contributed by atoms with van der Waals surface area (Å²) in [6, 6.07) is 7.93. The lowest BCUT2D eigenvalue weighted by Crippen LogP contribution is -2.13. The van der Waals surface area contributed by atoms with Crippen LogP contribution in [-0.4, -0.2) is 25.0 Å². The summed E-state index contributed by atoms with van der Waals surface area (Å²) in [7, 11) is 0. The predicted octanol–water partition coefficient (Wildman–Crippen LogP) is 5.78. The Labute approximate surface area is 180 Å². The zero-order valence-electron chi connectivity index (χ0n) is 16.6. The summed E-state index contributed by atoms with van der Waals surface area (Å²) in [5.41, 5.74) is 1.25. The number of halogens is 2. The molecule has 0 radical (unpaired) electrons. The average Bonchev–Trinajstić information content (AvgIpc) is 2.65. The van der Waals surface area contributed by atoms with E-state index in [-0.39, 0.29) is 5.91 Å². The molecule has 0 unspecified atom stereocenters. The van der Waals surface area contributed by atoms with Crippen LogP contribution >= 0.6 is 23.2 Å². The van der Waals surface area contributed by atoms with Crippen LogP contribution in [-0.2, 0) is 4.79 Å². The molecule has 2 N–H and O–H groups in total. The highest BCUT2D eigenvalue weighted by atomic mass is 35.5. The molecule has 0 aliphatic heterocycles. The number of amides is 2. The smallest absolute Gasteiger partial charge is 0.255 e. The minimum atomic E-state index is -0.401. The Hall–Kier alpha value is -2.44. The van der Waals surface area contributed by atoms with Crippen LogP contribution in [0.3, 0.4) is 0 Å². The van der Waals surface area contributed by atoms with Crippen molar-refractivity contribution in [1.29, 1.82) is 0 Å². The van der Waals surface area contributed by atoms with Gasteiger partial charge in [-0.1, -0.05) is 36.5 Å². The molecule has 2 aromatic carbocycles. The summed E-state index contributed by atoms with van der Waals surface area (Å²) in [5.74, 6) is 0.226. The molecule has 2 amide bonds. The molecular formula is C21H24Cl2N2O4. The van der Waals surface area contributed by atoms with E-state index in [2.05, 4.69) is 17.6 Å². The summed E-state index contributed by atoms with van der Waals surface area (Å²) in [6.07, 6.45) is 1.88. The first-order valence-electron chi connectivity index (χ1n) is 9.33. The summed E-state index contributed by atoms with van der Waals surface area (Å²) in [4.78, 5) is 23.9. The molecule has 0 saturated heterocycles. The molecule has 0 aliphatic carbocycles. The van der Waals surface area contributed by atoms with E-state index >= 15 is 0 Å². The van der Waals surface area contributed by atoms with Crippen LogP contribution in [0.4, 0.5) is 11.4 Å². The zero-order chi connectivity index (χ0) is 21.4. The molecule has 6 nitrogen and oxygen atoms in total. The lowest BCUT2D eigenvalue weighted by atomic mass is 10.1. The number of carbonyl (C=O) groups is 2. The molecule has 29 heavy (non-hydrogen) atoms. The van der Waals surface area contributed by atoms with Crippen LogP contribution in [0.15, 0.2) is 30.3 Å². The van der Waals surface area contributed by atoms with Crippen LogP contribution in [0.25, 0.3) is 0 Å². The Morgan fingerprint density at radius 2 is 1.76 bits per heavy atom. The number of ether oxygens (including phenoxy) is 2. The van der Waals surface area contributed by atoms with Gasteiger partial charge in [0.2, 0.25) is 5.91 Å². The molecule has 2 aromatic rings. The van der Waals surface area contributed by atoms with Gasteiger partial charge in [0.25, 0.3) is 5.91 Å². The van der Waals surface area contributed by atoms with Crippen molar-refractivity contribution in [2.75, 3.05) is 23.8 Å². The first-order chi connectivity index (χ1) is 13.8. The van der Waals surface area contributed by atoms with Crippen molar-refractivity contribution < 1.29 is 19.1 Å². The van der Waals surface area contributed by atoms with Crippen LogP contribution < -0.4 is 20.1 Å². The van der Waals surface area contributed by atoms with Gasteiger partial charge in [-0.3, -0.25) is 9.59 Å². The van der Waals surface area contributed by atoms with Gasteiger partial charge < -0.3 is 20.1 Å². The van der Waals surface area contributed by atoms with Gasteiger partial charge in [-0.15, -0.1) is 0 Å². The molecule has 0 heterocycles. The van der Waals surface area contributed by atoms with Crippen molar-refractivity contribution in [3.63, 3.8) is 0 Å². The van der Waals surface area contributed by atoms with Crippen LogP contribution in [0.5, 0.6) is 11.5 Å². The van der Waals surface area contributed by atoms with Gasteiger partial charge in [-0.2, -0.15) is 0 Å². The summed E-state index contributed by atoms with van der Waals surface area (Å²) in [5, 5.41) is 5.95. The maximum absolute atomic E-state index is 12.7. The molecule has 0 spiro atoms. The molecular weight excluding hydrogens is 415 g/mol. The van der Waals surface area contributed by atoms with Gasteiger partial charge in [0, 0.05) is 18.2 Å². The Balaban J connectivity index is 2.23. The van der Waals surface area contributed by atoms with Gasteiger partial charge in [0.1, 0.15) is 0 Å². The number of carbonyl (C=O) groups excluding carboxylic acids is 2. The number of unbranched alkanes of at least 4 members (excludes halogenated alkanes) is 1. The third-order valence-electron chi connectivity index (χ3n) is 3.85. The summed E-state index contributed by atoms with van der Waals surface area (Å²) < 4.78 is 11.3. The van der Waals surface area contributed by atoms with E-state index < -0.39 is 5.91 Å². The third kappa shape index (κ3) is 6.54. The first kappa shape index (κ1) is 22.8. The largest absolute Gasteiger partial charge is 0.490 e. The molecule has 8 heteroatoms. The molecule has 0 aliphatic rings. The maximum Gasteiger partial charge on any atom is 0.255 e. The highest BCUT2D eigenvalue weighted by molar-refractivity contribution is 6.34. The quantitative estimate of drug-likeness (QED) is 0.486. The second kappa shape index (κ2) is 10.9. The van der Waals surface area contributed by atoms with Crippen molar-refractivity contribution in [1.82, 2.24) is 0 Å². The lowest BCUT2D eigenvalue weighted by molar-refractivity contribution is -0.114. The minimum Gasteiger partial charge on any atom is -0.490 e. The Bertz CT molecular complexity index is 887. The standard InChI is InChI=1S/C21H24Cl2N2O4/c1-4-6-9-29-20-17(23)10-14(11-19(20)28-5-2)21(27)25-18-8-7-15(12-16(18)22)24-13(3)26/h7-8,10-12H,4-6,9H2,1-3H3,(H,24,26)(H,25,27). The van der Waals surface area contributed by atoms with E-state index in [1.165, 1.54) is 13.0 Å². The van der Waals surface area contributed by atoms with Gasteiger partial charge in [0.15, 0.2) is 11.5 Å². The normalized spacial score (nSPS) is 10.4. The second-order valence-electron chi connectivity index (χ2n) is 6.25. The lowest BCUT2D eigenvalue weighted by Gasteiger charge is -2.15. The van der Waals surface area contributed by atoms with E-state index in [1.54, 1.807) is 24.3 Å². The molecule has 0 fully saturated rings. The molecule has 156 valence electrons. The summed E-state index contributed by atoms with van der Waals surface area (Å²) >= 11 is 12.6. The van der Waals surface area contributed by atoms with Crippen molar-refractivity contribution in [3.05, 3.63) is 45.9 Å². The third-order valence-corrected chi connectivity index (χ3v) is 4.45. The predicted molar refractivity (Wildman–Crippen MR) is 117 cm³/mol. The number of benzene rings is 2. The van der Waals surface area contributed by atoms with Crippen LogP contribution in [0.1, 0.15) is 44.0 Å². The maximum atomic E-state index is 12.7. The summed E-state index contributed by atoms with van der Waals surface area (Å²) in [6.45, 7) is 6.22. The SMILES string of the molecule is CCCCOc1c(Cl)cc(C(=O)Nc2ccc(NC(C)=O)cc2Cl)cc1OCC. The fourth-order valence-electron chi connectivity index (χ4n) is 2.51. The molecule has 0 atom stereocenters. The Kier molecular flexibility index (Phi) is 8.61. The van der Waals surface area contributed by atoms with E-state index in [0.29, 0.717) is 51.7 Å². The van der Waals surface area contributed by atoms with Crippen LogP contribution in [0.2, 0.25) is 10.0 Å². The highest BCUT2D eigenvalue weighted by Gasteiger charge is 2.17. The number of rotatable bonds is 9. The number of hydrogen-bond donors (Lipinski definition) is 2. The first-order valence-corrected chi connectivity index (χ1v) is 10.1. The van der Waals surface area contributed by atoms with E-state index in [1.807, 2.05) is 6.92 Å². The number of hydrogen-bond acceptors (Lipinski definition) is 4. The van der Waals surface area contributed by atoms with Crippen molar-refractivity contribution in [2.24, 2.45) is 0 Å². The molecule has 0 saturated carbocycles. The molecule has 0 bridgehead atoms. The van der Waals surface area contributed by atoms with Gasteiger partial charge >= 0.3 is 0 Å². The van der Waals surface area contributed by atoms with E-state index in [4.69, 9.17) is 32.7 Å². The Morgan fingerprint density at radius 1 is 1.00 bits per heavy atom. The van der Waals surface area contributed by atoms with Crippen LogP contribution in [0, 0.1) is 0 Å². The van der Waals surface area contributed by atoms with E-state index in [0.717, 1.165) is 12.8 Å². The monoisotopic (exact) mass is 438 g/mol. The topological polar surface area (TPSA) is 76.7 Å². The fraction of sp³-hybridized carbons (Fsp3) is 0.333. The average molecular weight is 439 g/mol. The van der Waals surface area contributed by atoms with Gasteiger partial charge in [-0.25, -0.2) is 0 Å². The zero-order valence-corrected chi connectivity index (χ0v) is 18.1.